The lowest BCUT2D eigenvalue weighted by Gasteiger charge is -2.21. The van der Waals surface area contributed by atoms with E-state index in [1.165, 1.54) is 0 Å². The maximum absolute atomic E-state index is 13.3. The fourth-order valence-corrected chi connectivity index (χ4v) is 2.22. The molecule has 0 aliphatic heterocycles. The molecule has 9 heteroatoms. The van der Waals surface area contributed by atoms with Gasteiger partial charge in [0.15, 0.2) is 0 Å². The quantitative estimate of drug-likeness (QED) is 0.678. The van der Waals surface area contributed by atoms with Crippen LogP contribution in [0.2, 0.25) is 0 Å². The Hall–Kier alpha value is -2.03. The van der Waals surface area contributed by atoms with Crippen LogP contribution in [0.5, 0.6) is 0 Å². The topological polar surface area (TPSA) is 38.0 Å². The molecule has 0 aliphatic rings. The Bertz CT molecular complexity index is 700. The van der Waals surface area contributed by atoms with Gasteiger partial charge < -0.3 is 9.67 Å². The van der Waals surface area contributed by atoms with Gasteiger partial charge in [0.05, 0.1) is 17.4 Å². The molecular formula is C14H12F6N2O. The van der Waals surface area contributed by atoms with Crippen molar-refractivity contribution in [1.29, 1.82) is 0 Å². The monoisotopic (exact) mass is 338 g/mol. The highest BCUT2D eigenvalue weighted by atomic mass is 19.4. The lowest BCUT2D eigenvalue weighted by atomic mass is 10.0. The highest BCUT2D eigenvalue weighted by Gasteiger charge is 2.44. The molecule has 0 radical (unpaired) electrons. The van der Waals surface area contributed by atoms with Crippen LogP contribution in [-0.2, 0) is 6.18 Å². The summed E-state index contributed by atoms with van der Waals surface area (Å²) in [4.78, 5) is 3.31. The summed E-state index contributed by atoms with van der Waals surface area (Å²) < 4.78 is 79.8. The van der Waals surface area contributed by atoms with Gasteiger partial charge in [0.25, 0.3) is 5.92 Å². The highest BCUT2D eigenvalue weighted by molar-refractivity contribution is 5.43. The Morgan fingerprint density at radius 3 is 2.22 bits per heavy atom. The fourth-order valence-electron chi connectivity index (χ4n) is 2.22. The molecule has 0 amide bonds. The third kappa shape index (κ3) is 3.34. The molecular weight excluding hydrogens is 326 g/mol. The van der Waals surface area contributed by atoms with Crippen LogP contribution in [0.1, 0.15) is 29.8 Å². The largest absolute Gasteiger partial charge is 0.418 e. The van der Waals surface area contributed by atoms with E-state index in [1.807, 2.05) is 0 Å². The minimum atomic E-state index is -4.94. The van der Waals surface area contributed by atoms with Crippen LogP contribution in [0, 0.1) is 12.9 Å². The number of alkyl halides is 5. The molecule has 1 unspecified atom stereocenters. The second-order valence-electron chi connectivity index (χ2n) is 5.11. The molecule has 0 bridgehead atoms. The zero-order valence-electron chi connectivity index (χ0n) is 12.0. The number of rotatable bonds is 3. The molecule has 2 aromatic heterocycles. The SMILES string of the molecule is Cc1c(C(O)C(C)(F)F)c(C(F)(F)F)cn1-c1ccc(F)nc1. The van der Waals surface area contributed by atoms with Crippen LogP contribution in [-0.4, -0.2) is 20.6 Å². The molecule has 23 heavy (non-hydrogen) atoms. The van der Waals surface area contributed by atoms with E-state index in [4.69, 9.17) is 0 Å². The van der Waals surface area contributed by atoms with Gasteiger partial charge in [-0.3, -0.25) is 0 Å². The minimum absolute atomic E-state index is 0.0484. The van der Waals surface area contributed by atoms with Crippen LogP contribution in [0.3, 0.4) is 0 Å². The fraction of sp³-hybridized carbons (Fsp3) is 0.357. The molecule has 1 atom stereocenters. The van der Waals surface area contributed by atoms with Crippen molar-refractivity contribution in [3.05, 3.63) is 47.3 Å². The molecule has 0 aromatic carbocycles. The number of hydrogen-bond acceptors (Lipinski definition) is 2. The molecule has 0 fully saturated rings. The Morgan fingerprint density at radius 1 is 1.17 bits per heavy atom. The van der Waals surface area contributed by atoms with Gasteiger partial charge in [0.2, 0.25) is 5.95 Å². The van der Waals surface area contributed by atoms with Crippen molar-refractivity contribution in [2.24, 2.45) is 0 Å². The van der Waals surface area contributed by atoms with Crippen molar-refractivity contribution in [3.63, 3.8) is 0 Å². The Labute approximate surface area is 127 Å². The average molecular weight is 338 g/mol. The standard InChI is InChI=1S/C14H12F6N2O/c1-7-11(12(23)13(2,16)17)9(14(18,19)20)6-22(7)8-3-4-10(15)21-5-8/h3-6,12,23H,1-2H3. The first-order valence-corrected chi connectivity index (χ1v) is 6.39. The van der Waals surface area contributed by atoms with Gasteiger partial charge in [-0.25, -0.2) is 13.8 Å². The molecule has 126 valence electrons. The summed E-state index contributed by atoms with van der Waals surface area (Å²) in [5.41, 5.74) is -2.49. The van der Waals surface area contributed by atoms with E-state index in [0.29, 0.717) is 13.1 Å². The van der Waals surface area contributed by atoms with Gasteiger partial charge in [-0.1, -0.05) is 0 Å². The van der Waals surface area contributed by atoms with Crippen molar-refractivity contribution >= 4 is 0 Å². The lowest BCUT2D eigenvalue weighted by Crippen LogP contribution is -2.24. The zero-order chi connectivity index (χ0) is 17.6. The summed E-state index contributed by atoms with van der Waals surface area (Å²) >= 11 is 0. The van der Waals surface area contributed by atoms with Crippen molar-refractivity contribution in [2.75, 3.05) is 0 Å². The number of aliphatic hydroxyl groups is 1. The van der Waals surface area contributed by atoms with Crippen LogP contribution < -0.4 is 0 Å². The number of aromatic nitrogens is 2. The van der Waals surface area contributed by atoms with Crippen LogP contribution in [0.25, 0.3) is 5.69 Å². The van der Waals surface area contributed by atoms with E-state index in [0.717, 1.165) is 29.8 Å². The van der Waals surface area contributed by atoms with Crippen LogP contribution >= 0.6 is 0 Å². The minimum Gasteiger partial charge on any atom is -0.382 e. The predicted molar refractivity (Wildman–Crippen MR) is 68.8 cm³/mol. The normalized spacial score (nSPS) is 14.1. The van der Waals surface area contributed by atoms with Gasteiger partial charge in [0.1, 0.15) is 6.10 Å². The first-order chi connectivity index (χ1) is 10.4. The van der Waals surface area contributed by atoms with E-state index >= 15 is 0 Å². The second kappa shape index (κ2) is 5.55. The number of aliphatic hydroxyl groups excluding tert-OH is 1. The summed E-state index contributed by atoms with van der Waals surface area (Å²) in [6.45, 7) is 1.48. The molecule has 0 aliphatic carbocycles. The zero-order valence-corrected chi connectivity index (χ0v) is 12.0. The summed E-state index contributed by atoms with van der Waals surface area (Å²) in [5, 5.41) is 9.65. The van der Waals surface area contributed by atoms with Gasteiger partial charge in [-0.15, -0.1) is 0 Å². The molecule has 2 heterocycles. The predicted octanol–water partition coefficient (Wildman–Crippen LogP) is 4.03. The van der Waals surface area contributed by atoms with E-state index in [1.54, 1.807) is 0 Å². The Morgan fingerprint density at radius 2 is 1.78 bits per heavy atom. The summed E-state index contributed by atoms with van der Waals surface area (Å²) in [7, 11) is 0. The molecule has 0 spiro atoms. The first kappa shape index (κ1) is 17.3. The second-order valence-corrected chi connectivity index (χ2v) is 5.11. The first-order valence-electron chi connectivity index (χ1n) is 6.39. The molecule has 2 aromatic rings. The van der Waals surface area contributed by atoms with Gasteiger partial charge in [0, 0.05) is 24.4 Å². The number of halogens is 6. The number of hydrogen-bond donors (Lipinski definition) is 1. The van der Waals surface area contributed by atoms with Gasteiger partial charge in [-0.05, 0) is 19.1 Å². The van der Waals surface area contributed by atoms with Gasteiger partial charge >= 0.3 is 6.18 Å². The molecule has 3 nitrogen and oxygen atoms in total. The van der Waals surface area contributed by atoms with Crippen molar-refractivity contribution in [2.45, 2.75) is 32.1 Å². The Kier molecular flexibility index (Phi) is 4.18. The maximum Gasteiger partial charge on any atom is 0.418 e. The molecule has 0 saturated carbocycles. The average Bonchev–Trinajstić information content (AvgIpc) is 2.75. The Balaban J connectivity index is 2.68. The van der Waals surface area contributed by atoms with Crippen LogP contribution in [0.4, 0.5) is 26.3 Å². The third-order valence-electron chi connectivity index (χ3n) is 3.35. The third-order valence-corrected chi connectivity index (χ3v) is 3.35. The summed E-state index contributed by atoms with van der Waals surface area (Å²) in [6, 6.07) is 2.07. The van der Waals surface area contributed by atoms with E-state index < -0.39 is 35.3 Å². The van der Waals surface area contributed by atoms with Gasteiger partial charge in [-0.2, -0.15) is 17.6 Å². The van der Waals surface area contributed by atoms with Crippen molar-refractivity contribution < 1.29 is 31.4 Å². The lowest BCUT2D eigenvalue weighted by molar-refractivity contribution is -0.143. The molecule has 1 N–H and O–H groups in total. The molecule has 0 saturated heterocycles. The van der Waals surface area contributed by atoms with E-state index in [-0.39, 0.29) is 11.4 Å². The smallest absolute Gasteiger partial charge is 0.382 e. The number of pyridine rings is 1. The summed E-state index contributed by atoms with van der Waals surface area (Å²) in [5.74, 6) is -4.60. The highest BCUT2D eigenvalue weighted by Crippen LogP contribution is 2.42. The number of nitrogens with zero attached hydrogens (tertiary/aromatic N) is 2. The van der Waals surface area contributed by atoms with E-state index in [9.17, 15) is 31.4 Å². The van der Waals surface area contributed by atoms with Crippen molar-refractivity contribution in [3.8, 4) is 5.69 Å². The maximum atomic E-state index is 13.3. The van der Waals surface area contributed by atoms with Crippen LogP contribution in [0.15, 0.2) is 24.5 Å². The summed E-state index contributed by atoms with van der Waals surface area (Å²) in [6.07, 6.45) is -6.03. The van der Waals surface area contributed by atoms with E-state index in [2.05, 4.69) is 4.98 Å². The van der Waals surface area contributed by atoms with Crippen molar-refractivity contribution in [1.82, 2.24) is 9.55 Å². The molecule has 2 rings (SSSR count).